The fraction of sp³-hybridized carbons (Fsp3) is 0.476. The smallest absolute Gasteiger partial charge is 0.407 e. The molecule has 1 aromatic carbocycles. The molecule has 7 heteroatoms. The molecule has 3 N–H and O–H groups in total. The number of carbonyl (C=O) groups is 2. The zero-order valence-corrected chi connectivity index (χ0v) is 16.6. The molecule has 3 rings (SSSR count). The number of carbonyl (C=O) groups excluding carboxylic acids is 2. The third-order valence-electron chi connectivity index (χ3n) is 4.80. The molecule has 0 bridgehead atoms. The van der Waals surface area contributed by atoms with Crippen molar-refractivity contribution >= 4 is 17.8 Å². The van der Waals surface area contributed by atoms with Gasteiger partial charge < -0.3 is 15.4 Å². The Bertz CT molecular complexity index is 807. The molecule has 1 fully saturated rings. The number of H-pyrrole nitrogens is 1. The van der Waals surface area contributed by atoms with Crippen molar-refractivity contribution in [2.45, 2.75) is 52.1 Å². The fourth-order valence-corrected chi connectivity index (χ4v) is 3.08. The summed E-state index contributed by atoms with van der Waals surface area (Å²) in [5.74, 6) is 1.13. The van der Waals surface area contributed by atoms with Gasteiger partial charge in [-0.3, -0.25) is 9.89 Å². The number of hydrogen-bond donors (Lipinski definition) is 3. The second-order valence-electron chi connectivity index (χ2n) is 7.89. The molecule has 2 aromatic rings. The third kappa shape index (κ3) is 5.58. The summed E-state index contributed by atoms with van der Waals surface area (Å²) in [6.07, 6.45) is 1.38. The van der Waals surface area contributed by atoms with Crippen LogP contribution in [-0.2, 0) is 16.0 Å². The standard InChI is InChI=1S/C21H28N4O3/c1-13(2)12-22-21(27)28-17-9-16(10-17)18-11-19(25-24-18)23-20(26)8-15-6-4-14(3)5-7-15/h4-7,11,13,16-17H,8-10,12H2,1-3H3,(H,22,27)(H2,23,24,25,26)/t16-,17+. The van der Waals surface area contributed by atoms with Gasteiger partial charge >= 0.3 is 6.09 Å². The molecule has 150 valence electrons. The summed E-state index contributed by atoms with van der Waals surface area (Å²) in [4.78, 5) is 23.9. The minimum Gasteiger partial charge on any atom is -0.446 e. The molecular formula is C21H28N4O3. The van der Waals surface area contributed by atoms with Gasteiger partial charge in [-0.05, 0) is 31.2 Å². The molecule has 1 saturated carbocycles. The zero-order chi connectivity index (χ0) is 20.1. The number of benzene rings is 1. The lowest BCUT2D eigenvalue weighted by molar-refractivity contribution is -0.115. The van der Waals surface area contributed by atoms with Gasteiger partial charge in [-0.15, -0.1) is 0 Å². The van der Waals surface area contributed by atoms with Crippen molar-refractivity contribution in [2.24, 2.45) is 5.92 Å². The quantitative estimate of drug-likeness (QED) is 0.680. The first-order valence-corrected chi connectivity index (χ1v) is 9.74. The van der Waals surface area contributed by atoms with Crippen LogP contribution in [0.2, 0.25) is 0 Å². The van der Waals surface area contributed by atoms with Gasteiger partial charge in [0.05, 0.1) is 12.1 Å². The van der Waals surface area contributed by atoms with E-state index in [1.54, 1.807) is 0 Å². The van der Waals surface area contributed by atoms with E-state index in [9.17, 15) is 9.59 Å². The minimum atomic E-state index is -0.358. The number of hydrogen-bond acceptors (Lipinski definition) is 4. The van der Waals surface area contributed by atoms with Crippen LogP contribution in [0.15, 0.2) is 30.3 Å². The molecular weight excluding hydrogens is 356 g/mol. The monoisotopic (exact) mass is 384 g/mol. The van der Waals surface area contributed by atoms with E-state index in [1.165, 1.54) is 5.56 Å². The third-order valence-corrected chi connectivity index (χ3v) is 4.80. The van der Waals surface area contributed by atoms with Gasteiger partial charge in [0.25, 0.3) is 0 Å². The van der Waals surface area contributed by atoms with Gasteiger partial charge in [0.1, 0.15) is 11.9 Å². The largest absolute Gasteiger partial charge is 0.446 e. The first-order chi connectivity index (χ1) is 13.4. The molecule has 7 nitrogen and oxygen atoms in total. The van der Waals surface area contributed by atoms with E-state index in [1.807, 2.05) is 51.1 Å². The summed E-state index contributed by atoms with van der Waals surface area (Å²) in [7, 11) is 0. The number of nitrogens with zero attached hydrogens (tertiary/aromatic N) is 1. The molecule has 1 heterocycles. The molecule has 0 atom stereocenters. The van der Waals surface area contributed by atoms with E-state index in [0.29, 0.717) is 24.7 Å². The highest BCUT2D eigenvalue weighted by atomic mass is 16.6. The molecule has 0 aliphatic heterocycles. The predicted molar refractivity (Wildman–Crippen MR) is 107 cm³/mol. The summed E-state index contributed by atoms with van der Waals surface area (Å²) in [6.45, 7) is 6.70. The molecule has 0 radical (unpaired) electrons. The first kappa shape index (κ1) is 19.9. The maximum Gasteiger partial charge on any atom is 0.407 e. The SMILES string of the molecule is Cc1ccc(CC(=O)Nc2cc([C@H]3C[C@@H](OC(=O)NCC(C)C)C3)n[nH]2)cc1. The highest BCUT2D eigenvalue weighted by molar-refractivity contribution is 5.91. The molecule has 2 amide bonds. The van der Waals surface area contributed by atoms with Crippen molar-refractivity contribution < 1.29 is 14.3 Å². The molecule has 0 unspecified atom stereocenters. The summed E-state index contributed by atoms with van der Waals surface area (Å²) in [5.41, 5.74) is 3.02. The highest BCUT2D eigenvalue weighted by Gasteiger charge is 2.35. The number of rotatable bonds is 7. The lowest BCUT2D eigenvalue weighted by Gasteiger charge is -2.33. The molecule has 28 heavy (non-hydrogen) atoms. The molecule has 1 aliphatic carbocycles. The van der Waals surface area contributed by atoms with Crippen molar-refractivity contribution in [2.75, 3.05) is 11.9 Å². The number of aromatic amines is 1. The summed E-state index contributed by atoms with van der Waals surface area (Å²) in [5, 5.41) is 12.8. The lowest BCUT2D eigenvalue weighted by atomic mass is 9.80. The average molecular weight is 384 g/mol. The van der Waals surface area contributed by atoms with Gasteiger partial charge in [-0.1, -0.05) is 43.7 Å². The number of anilines is 1. The second kappa shape index (κ2) is 8.91. The number of amides is 2. The molecule has 1 aliphatic rings. The van der Waals surface area contributed by atoms with E-state index in [0.717, 1.165) is 24.1 Å². The Kier molecular flexibility index (Phi) is 6.34. The van der Waals surface area contributed by atoms with Crippen LogP contribution in [0.25, 0.3) is 0 Å². The van der Waals surface area contributed by atoms with Gasteiger partial charge in [0.15, 0.2) is 0 Å². The number of nitrogens with one attached hydrogen (secondary N) is 3. The van der Waals surface area contributed by atoms with Crippen LogP contribution < -0.4 is 10.6 Å². The summed E-state index contributed by atoms with van der Waals surface area (Å²) >= 11 is 0. The number of alkyl carbamates (subject to hydrolysis) is 1. The number of aromatic nitrogens is 2. The average Bonchev–Trinajstić information content (AvgIpc) is 3.05. The Hall–Kier alpha value is -2.83. The van der Waals surface area contributed by atoms with Crippen LogP contribution in [0.3, 0.4) is 0 Å². The van der Waals surface area contributed by atoms with Gasteiger partial charge in [0, 0.05) is 18.5 Å². The Labute approximate surface area is 165 Å². The van der Waals surface area contributed by atoms with Crippen molar-refractivity contribution in [3.63, 3.8) is 0 Å². The Morgan fingerprint density at radius 2 is 1.96 bits per heavy atom. The van der Waals surface area contributed by atoms with E-state index in [-0.39, 0.29) is 24.0 Å². The van der Waals surface area contributed by atoms with Crippen LogP contribution in [0.5, 0.6) is 0 Å². The fourth-order valence-electron chi connectivity index (χ4n) is 3.08. The Morgan fingerprint density at radius 3 is 2.64 bits per heavy atom. The predicted octanol–water partition coefficient (Wildman–Crippen LogP) is 3.53. The van der Waals surface area contributed by atoms with Gasteiger partial charge in [-0.2, -0.15) is 5.10 Å². The van der Waals surface area contributed by atoms with Crippen LogP contribution >= 0.6 is 0 Å². The first-order valence-electron chi connectivity index (χ1n) is 9.74. The van der Waals surface area contributed by atoms with Crippen molar-refractivity contribution in [3.8, 4) is 0 Å². The molecule has 0 spiro atoms. The minimum absolute atomic E-state index is 0.0755. The Balaban J connectivity index is 1.42. The van der Waals surface area contributed by atoms with Crippen molar-refractivity contribution in [1.82, 2.24) is 15.5 Å². The van der Waals surface area contributed by atoms with E-state index in [2.05, 4.69) is 20.8 Å². The molecule has 0 saturated heterocycles. The van der Waals surface area contributed by atoms with E-state index in [4.69, 9.17) is 4.74 Å². The van der Waals surface area contributed by atoms with Gasteiger partial charge in [-0.25, -0.2) is 4.79 Å². The molecule has 1 aromatic heterocycles. The van der Waals surface area contributed by atoms with Gasteiger partial charge in [0.2, 0.25) is 5.91 Å². The van der Waals surface area contributed by atoms with E-state index < -0.39 is 0 Å². The summed E-state index contributed by atoms with van der Waals surface area (Å²) in [6, 6.07) is 9.76. The lowest BCUT2D eigenvalue weighted by Crippen LogP contribution is -2.37. The van der Waals surface area contributed by atoms with Crippen molar-refractivity contribution in [1.29, 1.82) is 0 Å². The number of ether oxygens (including phenoxy) is 1. The summed E-state index contributed by atoms with van der Waals surface area (Å²) < 4.78 is 5.38. The maximum atomic E-state index is 12.2. The topological polar surface area (TPSA) is 96.1 Å². The van der Waals surface area contributed by atoms with Crippen LogP contribution in [0.1, 0.15) is 49.4 Å². The maximum absolute atomic E-state index is 12.2. The van der Waals surface area contributed by atoms with Crippen molar-refractivity contribution in [3.05, 3.63) is 47.2 Å². The van der Waals surface area contributed by atoms with Crippen LogP contribution in [0.4, 0.5) is 10.6 Å². The number of aryl methyl sites for hydroxylation is 1. The van der Waals surface area contributed by atoms with Crippen LogP contribution in [0, 0.1) is 12.8 Å². The Morgan fingerprint density at radius 1 is 1.25 bits per heavy atom. The second-order valence-corrected chi connectivity index (χ2v) is 7.89. The normalized spacial score (nSPS) is 18.4. The van der Waals surface area contributed by atoms with E-state index >= 15 is 0 Å². The zero-order valence-electron chi connectivity index (χ0n) is 16.6. The highest BCUT2D eigenvalue weighted by Crippen LogP contribution is 2.38. The van der Waals surface area contributed by atoms with Crippen LogP contribution in [-0.4, -0.2) is 34.8 Å².